The summed E-state index contributed by atoms with van der Waals surface area (Å²) in [5, 5.41) is 2.03. The summed E-state index contributed by atoms with van der Waals surface area (Å²) in [5.74, 6) is 0.884. The SMILES string of the molecule is C#C.C[n+]1c2c3c(cccc3c3cc(OS(=O)(=O)C(F)(F)F)ccc31)Oc1ccccc1-2. The van der Waals surface area contributed by atoms with Crippen LogP contribution >= 0.6 is 0 Å². The van der Waals surface area contributed by atoms with Gasteiger partial charge in [0.25, 0.3) is 0 Å². The highest BCUT2D eigenvalue weighted by atomic mass is 32.2. The van der Waals surface area contributed by atoms with Gasteiger partial charge in [-0.3, -0.25) is 0 Å². The molecule has 4 aromatic rings. The van der Waals surface area contributed by atoms with E-state index in [1.165, 1.54) is 18.2 Å². The van der Waals surface area contributed by atoms with Crippen LogP contribution in [0.5, 0.6) is 17.2 Å². The van der Waals surface area contributed by atoms with E-state index in [1.54, 1.807) is 6.07 Å². The second-order valence-corrected chi connectivity index (χ2v) is 8.38. The number of rotatable bonds is 2. The molecule has 5 nitrogen and oxygen atoms in total. The maximum Gasteiger partial charge on any atom is 0.534 e. The van der Waals surface area contributed by atoms with Crippen LogP contribution in [0, 0.1) is 12.8 Å². The van der Waals surface area contributed by atoms with Gasteiger partial charge in [0.05, 0.1) is 16.3 Å². The lowest BCUT2D eigenvalue weighted by Gasteiger charge is -2.20. The Labute approximate surface area is 181 Å². The van der Waals surface area contributed by atoms with Crippen LogP contribution in [0.3, 0.4) is 0 Å². The first-order valence-electron chi connectivity index (χ1n) is 9.17. The molecule has 0 saturated carbocycles. The minimum Gasteiger partial charge on any atom is -0.456 e. The highest BCUT2D eigenvalue weighted by Crippen LogP contribution is 2.46. The van der Waals surface area contributed by atoms with Crippen molar-refractivity contribution in [1.29, 1.82) is 0 Å². The van der Waals surface area contributed by atoms with Gasteiger partial charge in [-0.1, -0.05) is 24.3 Å². The number of para-hydroxylation sites is 1. The third-order valence-corrected chi connectivity index (χ3v) is 6.05. The molecule has 1 aliphatic rings. The summed E-state index contributed by atoms with van der Waals surface area (Å²) >= 11 is 0. The maximum absolute atomic E-state index is 12.7. The molecule has 0 atom stereocenters. The van der Waals surface area contributed by atoms with Crippen LogP contribution in [-0.4, -0.2) is 13.9 Å². The van der Waals surface area contributed by atoms with Crippen LogP contribution in [0.25, 0.3) is 32.9 Å². The van der Waals surface area contributed by atoms with E-state index in [0.717, 1.165) is 16.6 Å². The molecule has 0 radical (unpaired) electrons. The number of benzene rings is 3. The van der Waals surface area contributed by atoms with Gasteiger partial charge in [0.1, 0.15) is 24.3 Å². The molecule has 1 aromatic heterocycles. The van der Waals surface area contributed by atoms with E-state index in [9.17, 15) is 21.6 Å². The van der Waals surface area contributed by atoms with E-state index in [4.69, 9.17) is 4.74 Å². The molecule has 9 heteroatoms. The Morgan fingerprint density at radius 1 is 0.938 bits per heavy atom. The number of fused-ring (bicyclic) bond motifs is 4. The zero-order valence-electron chi connectivity index (χ0n) is 16.6. The van der Waals surface area contributed by atoms with Gasteiger partial charge in [0.15, 0.2) is 0 Å². The lowest BCUT2D eigenvalue weighted by Crippen LogP contribution is -2.33. The predicted molar refractivity (Wildman–Crippen MR) is 114 cm³/mol. The number of ether oxygens (including phenoxy) is 1. The molecule has 0 fully saturated rings. The Balaban J connectivity index is 0.00000119. The highest BCUT2D eigenvalue weighted by molar-refractivity contribution is 7.88. The highest BCUT2D eigenvalue weighted by Gasteiger charge is 2.48. The number of halogens is 3. The van der Waals surface area contributed by atoms with E-state index in [0.29, 0.717) is 27.8 Å². The molecule has 0 N–H and O–H groups in total. The van der Waals surface area contributed by atoms with Crippen molar-refractivity contribution < 1.29 is 35.1 Å². The Hall–Kier alpha value is -3.77. The number of aromatic nitrogens is 1. The quantitative estimate of drug-likeness (QED) is 0.122. The van der Waals surface area contributed by atoms with E-state index in [-0.39, 0.29) is 0 Å². The fraction of sp³-hybridized carbons (Fsp3) is 0.0870. The first-order valence-corrected chi connectivity index (χ1v) is 10.6. The average molecular weight is 458 g/mol. The number of aryl methyl sites for hydroxylation is 1. The van der Waals surface area contributed by atoms with Crippen molar-refractivity contribution in [2.24, 2.45) is 7.05 Å². The third-order valence-electron chi connectivity index (χ3n) is 5.07. The molecular weight excluding hydrogens is 443 g/mol. The molecule has 2 heterocycles. The van der Waals surface area contributed by atoms with Crippen LogP contribution in [0.1, 0.15) is 0 Å². The number of alkyl halides is 3. The second kappa shape index (κ2) is 7.43. The van der Waals surface area contributed by atoms with Crippen molar-refractivity contribution in [2.75, 3.05) is 0 Å². The van der Waals surface area contributed by atoms with Gasteiger partial charge in [0, 0.05) is 11.5 Å². The molecule has 0 spiro atoms. The summed E-state index contributed by atoms with van der Waals surface area (Å²) in [5.41, 5.74) is -3.04. The van der Waals surface area contributed by atoms with Crippen molar-refractivity contribution in [3.05, 3.63) is 60.7 Å². The van der Waals surface area contributed by atoms with E-state index >= 15 is 0 Å². The molecular formula is C23H15F3NO4S+. The van der Waals surface area contributed by atoms with E-state index < -0.39 is 21.4 Å². The van der Waals surface area contributed by atoms with E-state index in [2.05, 4.69) is 17.0 Å². The molecule has 0 bridgehead atoms. The first kappa shape index (κ1) is 21.5. The third kappa shape index (κ3) is 3.20. The van der Waals surface area contributed by atoms with Crippen LogP contribution in [0.15, 0.2) is 60.7 Å². The average Bonchev–Trinajstić information content (AvgIpc) is 2.76. The Morgan fingerprint density at radius 2 is 1.62 bits per heavy atom. The fourth-order valence-corrected chi connectivity index (χ4v) is 4.26. The van der Waals surface area contributed by atoms with Gasteiger partial charge < -0.3 is 8.92 Å². The molecule has 5 rings (SSSR count). The zero-order valence-corrected chi connectivity index (χ0v) is 17.4. The monoisotopic (exact) mass is 458 g/mol. The van der Waals surface area contributed by atoms with Crippen LogP contribution in [0.2, 0.25) is 0 Å². The topological polar surface area (TPSA) is 56.5 Å². The summed E-state index contributed by atoms with van der Waals surface area (Å²) in [4.78, 5) is 0. The maximum atomic E-state index is 12.7. The zero-order chi connectivity index (χ0) is 23.3. The number of pyridine rings is 1. The summed E-state index contributed by atoms with van der Waals surface area (Å²) in [6.07, 6.45) is 8.00. The van der Waals surface area contributed by atoms with Gasteiger partial charge in [-0.2, -0.15) is 26.2 Å². The standard InChI is InChI=1S/C21H13F3NO4S.C2H2/c1-25-16-10-9-12(29-30(26,27)21(22,23)24)11-15(16)13-6-4-8-18-19(13)20(25)14-5-2-3-7-17(14)28-18;1-2/h2-11H,1H3;1-2H/q+1;. The molecule has 0 amide bonds. The molecule has 0 aliphatic carbocycles. The van der Waals surface area contributed by atoms with Crippen molar-refractivity contribution in [3.63, 3.8) is 0 Å². The van der Waals surface area contributed by atoms with Gasteiger partial charge in [-0.05, 0) is 30.3 Å². The first-order chi connectivity index (χ1) is 15.2. The van der Waals surface area contributed by atoms with Crippen molar-refractivity contribution in [1.82, 2.24) is 0 Å². The predicted octanol–water partition coefficient (Wildman–Crippen LogP) is 5.07. The second-order valence-electron chi connectivity index (χ2n) is 6.85. The minimum atomic E-state index is -5.76. The molecule has 162 valence electrons. The molecule has 32 heavy (non-hydrogen) atoms. The minimum absolute atomic E-state index is 0.419. The largest absolute Gasteiger partial charge is 0.534 e. The van der Waals surface area contributed by atoms with Crippen molar-refractivity contribution in [3.8, 4) is 41.4 Å². The Kier molecular flexibility index (Phi) is 4.98. The van der Waals surface area contributed by atoms with Crippen molar-refractivity contribution in [2.45, 2.75) is 5.51 Å². The van der Waals surface area contributed by atoms with Gasteiger partial charge >= 0.3 is 15.6 Å². The van der Waals surface area contributed by atoms with Gasteiger partial charge in [0.2, 0.25) is 11.2 Å². The number of hydrogen-bond donors (Lipinski definition) is 0. The van der Waals surface area contributed by atoms with Crippen molar-refractivity contribution >= 4 is 31.8 Å². The Bertz CT molecular complexity index is 1510. The molecule has 0 saturated heterocycles. The number of nitrogens with zero attached hydrogens (tertiary/aromatic N) is 1. The summed E-state index contributed by atoms with van der Waals surface area (Å²) in [7, 11) is -3.93. The molecule has 1 aliphatic heterocycles. The Morgan fingerprint density at radius 3 is 2.34 bits per heavy atom. The molecule has 0 unspecified atom stereocenters. The summed E-state index contributed by atoms with van der Waals surface area (Å²) in [6, 6.07) is 17.0. The number of hydrogen-bond acceptors (Lipinski definition) is 4. The molecule has 3 aromatic carbocycles. The summed E-state index contributed by atoms with van der Waals surface area (Å²) < 4.78 is 73.2. The fourth-order valence-electron chi connectivity index (χ4n) is 3.81. The van der Waals surface area contributed by atoms with Crippen LogP contribution in [0.4, 0.5) is 13.2 Å². The summed E-state index contributed by atoms with van der Waals surface area (Å²) in [6.45, 7) is 0. The van der Waals surface area contributed by atoms with Crippen LogP contribution < -0.4 is 13.5 Å². The number of terminal acetylenes is 1. The van der Waals surface area contributed by atoms with Crippen LogP contribution in [-0.2, 0) is 17.2 Å². The lowest BCUT2D eigenvalue weighted by molar-refractivity contribution is -0.632. The normalized spacial score (nSPS) is 12.4. The van der Waals surface area contributed by atoms with E-state index in [1.807, 2.05) is 48.0 Å². The lowest BCUT2D eigenvalue weighted by atomic mass is 9.96. The van der Waals surface area contributed by atoms with Gasteiger partial charge in [-0.25, -0.2) is 0 Å². The van der Waals surface area contributed by atoms with Gasteiger partial charge in [-0.15, -0.1) is 12.8 Å². The smallest absolute Gasteiger partial charge is 0.456 e.